The van der Waals surface area contributed by atoms with Gasteiger partial charge in [-0.1, -0.05) is 18.5 Å². The highest BCUT2D eigenvalue weighted by atomic mass is 35.5. The van der Waals surface area contributed by atoms with E-state index in [-0.39, 0.29) is 5.92 Å². The molecule has 2 nitrogen and oxygen atoms in total. The van der Waals surface area contributed by atoms with Crippen molar-refractivity contribution in [2.24, 2.45) is 5.92 Å². The van der Waals surface area contributed by atoms with Crippen LogP contribution >= 0.6 is 11.6 Å². The Morgan fingerprint density at radius 1 is 1.33 bits per heavy atom. The third-order valence-corrected chi connectivity index (χ3v) is 3.12. The fourth-order valence-electron chi connectivity index (χ4n) is 1.90. The van der Waals surface area contributed by atoms with Gasteiger partial charge < -0.3 is 4.90 Å². The summed E-state index contributed by atoms with van der Waals surface area (Å²) in [5, 5.41) is 0.750. The van der Waals surface area contributed by atoms with E-state index in [9.17, 15) is 4.79 Å². The molecule has 0 N–H and O–H groups in total. The van der Waals surface area contributed by atoms with E-state index in [4.69, 9.17) is 11.6 Å². The van der Waals surface area contributed by atoms with Crippen LogP contribution in [0, 0.1) is 5.92 Å². The maximum atomic E-state index is 11.4. The summed E-state index contributed by atoms with van der Waals surface area (Å²) in [7, 11) is 0. The first-order chi connectivity index (χ1) is 7.16. The molecule has 3 heteroatoms. The maximum Gasteiger partial charge on any atom is 0.139 e. The molecular weight excluding hydrogens is 210 g/mol. The van der Waals surface area contributed by atoms with Crippen molar-refractivity contribution in [3.63, 3.8) is 0 Å². The van der Waals surface area contributed by atoms with E-state index in [1.54, 1.807) is 0 Å². The summed E-state index contributed by atoms with van der Waals surface area (Å²) < 4.78 is 0. The zero-order valence-corrected chi connectivity index (χ0v) is 9.50. The molecule has 0 aliphatic carbocycles. The average Bonchev–Trinajstić information content (AvgIpc) is 2.23. The second-order valence-corrected chi connectivity index (χ2v) is 4.48. The number of anilines is 1. The number of rotatable bonds is 1. The lowest BCUT2D eigenvalue weighted by atomic mass is 9.98. The first-order valence-corrected chi connectivity index (χ1v) is 5.58. The molecule has 80 valence electrons. The molecule has 2 rings (SSSR count). The number of Topliss-reactive ketones (excluding diaryl/α,β-unsaturated/α-hetero) is 1. The monoisotopic (exact) mass is 223 g/mol. The molecule has 1 aliphatic rings. The van der Waals surface area contributed by atoms with E-state index in [2.05, 4.69) is 4.90 Å². The average molecular weight is 224 g/mol. The Kier molecular flexibility index (Phi) is 2.96. The summed E-state index contributed by atoms with van der Waals surface area (Å²) in [5.41, 5.74) is 1.15. The largest absolute Gasteiger partial charge is 0.370 e. The van der Waals surface area contributed by atoms with Crippen LogP contribution in [0.15, 0.2) is 24.3 Å². The summed E-state index contributed by atoms with van der Waals surface area (Å²) in [4.78, 5) is 13.6. The van der Waals surface area contributed by atoms with Crippen LogP contribution in [0.3, 0.4) is 0 Å². The number of carbonyl (C=O) groups is 1. The van der Waals surface area contributed by atoms with Gasteiger partial charge in [0.15, 0.2) is 0 Å². The fourth-order valence-corrected chi connectivity index (χ4v) is 2.03. The number of hydrogen-bond donors (Lipinski definition) is 0. The van der Waals surface area contributed by atoms with Gasteiger partial charge in [-0.15, -0.1) is 0 Å². The molecule has 0 aromatic heterocycles. The van der Waals surface area contributed by atoms with E-state index in [0.29, 0.717) is 12.2 Å². The van der Waals surface area contributed by atoms with E-state index >= 15 is 0 Å². The molecule has 0 amide bonds. The fraction of sp³-hybridized carbons (Fsp3) is 0.417. The summed E-state index contributed by atoms with van der Waals surface area (Å²) in [6.07, 6.45) is 0.657. The molecule has 1 aliphatic heterocycles. The molecule has 1 atom stereocenters. The smallest absolute Gasteiger partial charge is 0.139 e. The summed E-state index contributed by atoms with van der Waals surface area (Å²) in [6.45, 7) is 3.63. The Morgan fingerprint density at radius 2 is 2.00 bits per heavy atom. The Hall–Kier alpha value is -1.02. The maximum absolute atomic E-state index is 11.4. The quantitative estimate of drug-likeness (QED) is 0.730. The van der Waals surface area contributed by atoms with Crippen LogP contribution in [0.4, 0.5) is 5.69 Å². The number of halogens is 1. The van der Waals surface area contributed by atoms with Gasteiger partial charge in [-0.25, -0.2) is 0 Å². The summed E-state index contributed by atoms with van der Waals surface area (Å²) >= 11 is 5.83. The first kappa shape index (κ1) is 10.5. The topological polar surface area (TPSA) is 20.3 Å². The highest BCUT2D eigenvalue weighted by molar-refractivity contribution is 6.30. The zero-order valence-electron chi connectivity index (χ0n) is 8.74. The Balaban J connectivity index is 2.12. The molecule has 1 fully saturated rings. The number of piperidine rings is 1. The van der Waals surface area contributed by atoms with Crippen molar-refractivity contribution >= 4 is 23.1 Å². The third kappa shape index (κ3) is 2.32. The highest BCUT2D eigenvalue weighted by Crippen LogP contribution is 2.22. The van der Waals surface area contributed by atoms with Crippen molar-refractivity contribution in [3.8, 4) is 0 Å². The Bertz CT molecular complexity index is 360. The molecule has 0 spiro atoms. The van der Waals surface area contributed by atoms with Crippen LogP contribution in [-0.2, 0) is 4.79 Å². The van der Waals surface area contributed by atoms with Crippen molar-refractivity contribution in [3.05, 3.63) is 29.3 Å². The van der Waals surface area contributed by atoms with E-state index in [1.165, 1.54) is 0 Å². The molecule has 1 unspecified atom stereocenters. The summed E-state index contributed by atoms with van der Waals surface area (Å²) in [5.74, 6) is 0.523. The lowest BCUT2D eigenvalue weighted by Crippen LogP contribution is -2.39. The molecule has 0 radical (unpaired) electrons. The Labute approximate surface area is 94.8 Å². The molecule has 15 heavy (non-hydrogen) atoms. The number of nitrogens with zero attached hydrogens (tertiary/aromatic N) is 1. The van der Waals surface area contributed by atoms with Gasteiger partial charge in [0.2, 0.25) is 0 Å². The van der Waals surface area contributed by atoms with Crippen molar-refractivity contribution in [1.29, 1.82) is 0 Å². The third-order valence-electron chi connectivity index (χ3n) is 2.86. The van der Waals surface area contributed by atoms with Gasteiger partial charge in [-0.05, 0) is 24.3 Å². The predicted molar refractivity (Wildman–Crippen MR) is 62.5 cm³/mol. The van der Waals surface area contributed by atoms with Gasteiger partial charge in [0, 0.05) is 36.1 Å². The first-order valence-electron chi connectivity index (χ1n) is 5.20. The highest BCUT2D eigenvalue weighted by Gasteiger charge is 2.23. The van der Waals surface area contributed by atoms with Crippen LogP contribution < -0.4 is 4.90 Å². The SMILES string of the molecule is CC1CN(c2ccc(Cl)cc2)CCC1=O. The molecule has 1 aromatic rings. The van der Waals surface area contributed by atoms with Gasteiger partial charge in [-0.2, -0.15) is 0 Å². The molecule has 0 bridgehead atoms. The van der Waals surface area contributed by atoms with Crippen molar-refractivity contribution < 1.29 is 4.79 Å². The van der Waals surface area contributed by atoms with E-state index in [1.807, 2.05) is 31.2 Å². The molecule has 0 saturated carbocycles. The van der Waals surface area contributed by atoms with Crippen molar-refractivity contribution in [2.75, 3.05) is 18.0 Å². The Morgan fingerprint density at radius 3 is 2.60 bits per heavy atom. The molecule has 1 aromatic carbocycles. The predicted octanol–water partition coefficient (Wildman–Crippen LogP) is 2.76. The van der Waals surface area contributed by atoms with Crippen LogP contribution in [0.5, 0.6) is 0 Å². The summed E-state index contributed by atoms with van der Waals surface area (Å²) in [6, 6.07) is 7.78. The van der Waals surface area contributed by atoms with Gasteiger partial charge in [0.1, 0.15) is 5.78 Å². The normalized spacial score (nSPS) is 21.9. The number of ketones is 1. The van der Waals surface area contributed by atoms with Gasteiger partial charge in [0.05, 0.1) is 0 Å². The van der Waals surface area contributed by atoms with E-state index in [0.717, 1.165) is 23.8 Å². The van der Waals surface area contributed by atoms with Crippen LogP contribution in [0.2, 0.25) is 5.02 Å². The van der Waals surface area contributed by atoms with Gasteiger partial charge >= 0.3 is 0 Å². The molecular formula is C12H14ClNO. The minimum absolute atomic E-state index is 0.148. The minimum Gasteiger partial charge on any atom is -0.370 e. The van der Waals surface area contributed by atoms with Crippen molar-refractivity contribution in [2.45, 2.75) is 13.3 Å². The molecule has 1 heterocycles. The number of hydrogen-bond acceptors (Lipinski definition) is 2. The lowest BCUT2D eigenvalue weighted by molar-refractivity contribution is -0.122. The lowest BCUT2D eigenvalue weighted by Gasteiger charge is -2.31. The molecule has 1 saturated heterocycles. The van der Waals surface area contributed by atoms with Gasteiger partial charge in [0.25, 0.3) is 0 Å². The van der Waals surface area contributed by atoms with Crippen LogP contribution in [0.25, 0.3) is 0 Å². The second kappa shape index (κ2) is 4.23. The van der Waals surface area contributed by atoms with Crippen molar-refractivity contribution in [1.82, 2.24) is 0 Å². The minimum atomic E-state index is 0.148. The van der Waals surface area contributed by atoms with E-state index < -0.39 is 0 Å². The van der Waals surface area contributed by atoms with Crippen LogP contribution in [-0.4, -0.2) is 18.9 Å². The standard InChI is InChI=1S/C12H14ClNO/c1-9-8-14(7-6-12(9)15)11-4-2-10(13)3-5-11/h2-5,9H,6-8H2,1H3. The zero-order chi connectivity index (χ0) is 10.8. The van der Waals surface area contributed by atoms with Gasteiger partial charge in [-0.3, -0.25) is 4.79 Å². The number of benzene rings is 1. The second-order valence-electron chi connectivity index (χ2n) is 4.04. The number of carbonyl (C=O) groups excluding carboxylic acids is 1. The van der Waals surface area contributed by atoms with Crippen LogP contribution in [0.1, 0.15) is 13.3 Å².